The lowest BCUT2D eigenvalue weighted by Gasteiger charge is -2.27. The van der Waals surface area contributed by atoms with Gasteiger partial charge in [-0.25, -0.2) is 0 Å². The van der Waals surface area contributed by atoms with Crippen molar-refractivity contribution in [1.82, 2.24) is 15.1 Å². The average molecular weight is 511 g/mol. The topological polar surface area (TPSA) is 87.5 Å². The van der Waals surface area contributed by atoms with Crippen LogP contribution in [0.2, 0.25) is 0 Å². The van der Waals surface area contributed by atoms with Gasteiger partial charge in [-0.05, 0) is 88.1 Å². The fraction of sp³-hybridized carbons (Fsp3) is 0.452. The number of nitrogens with one attached hydrogen (secondary N) is 1. The Morgan fingerprint density at radius 2 is 1.82 bits per heavy atom. The van der Waals surface area contributed by atoms with Gasteiger partial charge in [0.25, 0.3) is 5.91 Å². The molecule has 3 aromatic rings. The molecule has 7 heteroatoms. The number of amides is 1. The van der Waals surface area contributed by atoms with E-state index in [1.807, 2.05) is 23.0 Å². The van der Waals surface area contributed by atoms with Crippen molar-refractivity contribution < 1.29 is 14.7 Å². The van der Waals surface area contributed by atoms with Crippen molar-refractivity contribution >= 4 is 28.5 Å². The first-order valence-corrected chi connectivity index (χ1v) is 13.8. The van der Waals surface area contributed by atoms with Crippen LogP contribution in [0.15, 0.2) is 42.6 Å². The highest BCUT2D eigenvalue weighted by Gasteiger charge is 2.42. The summed E-state index contributed by atoms with van der Waals surface area (Å²) >= 11 is 0. The molecule has 0 spiro atoms. The van der Waals surface area contributed by atoms with Crippen LogP contribution in [0.3, 0.4) is 0 Å². The lowest BCUT2D eigenvalue weighted by molar-refractivity contribution is -0.142. The summed E-state index contributed by atoms with van der Waals surface area (Å²) in [5.41, 5.74) is 4.62. The number of hydrogen-bond acceptors (Lipinski definition) is 4. The predicted molar refractivity (Wildman–Crippen MR) is 147 cm³/mol. The van der Waals surface area contributed by atoms with Crippen LogP contribution < -0.4 is 10.2 Å². The van der Waals surface area contributed by atoms with E-state index in [4.69, 9.17) is 5.10 Å². The van der Waals surface area contributed by atoms with Crippen molar-refractivity contribution in [2.24, 2.45) is 11.8 Å². The van der Waals surface area contributed by atoms with Gasteiger partial charge in [-0.3, -0.25) is 14.3 Å². The molecular formula is C31H34N4O3. The molecule has 0 radical (unpaired) electrons. The largest absolute Gasteiger partial charge is 0.481 e. The van der Waals surface area contributed by atoms with Crippen molar-refractivity contribution in [2.75, 3.05) is 11.4 Å². The lowest BCUT2D eigenvalue weighted by atomic mass is 9.86. The molecule has 2 aliphatic heterocycles. The van der Waals surface area contributed by atoms with Gasteiger partial charge in [0, 0.05) is 35.3 Å². The number of nitrogens with zero attached hydrogens (tertiary/aromatic N) is 3. The minimum absolute atomic E-state index is 0.0266. The van der Waals surface area contributed by atoms with E-state index in [2.05, 4.69) is 53.2 Å². The summed E-state index contributed by atoms with van der Waals surface area (Å²) in [5.74, 6) is 5.79. The van der Waals surface area contributed by atoms with E-state index in [0.717, 1.165) is 27.9 Å². The number of benzene rings is 2. The number of carbonyl (C=O) groups is 2. The molecule has 2 saturated heterocycles. The maximum atomic E-state index is 13.5. The van der Waals surface area contributed by atoms with Gasteiger partial charge in [-0.15, -0.1) is 5.92 Å². The highest BCUT2D eigenvalue weighted by Crippen LogP contribution is 2.43. The fourth-order valence-corrected chi connectivity index (χ4v) is 6.56. The van der Waals surface area contributed by atoms with Gasteiger partial charge >= 0.3 is 5.97 Å². The van der Waals surface area contributed by atoms with E-state index in [0.29, 0.717) is 37.3 Å². The SMILES string of the molecule is CC#Cc1ccc(C(=O)NC2CCC(C(=O)O)CC2)c2c1cnn2C(C)c1ccc(N2CC3CC2C3)cc1. The lowest BCUT2D eigenvalue weighted by Crippen LogP contribution is -2.39. The zero-order valence-electron chi connectivity index (χ0n) is 22.0. The van der Waals surface area contributed by atoms with Crippen molar-refractivity contribution in [3.8, 4) is 11.8 Å². The molecule has 1 atom stereocenters. The molecule has 2 aliphatic carbocycles. The molecule has 3 heterocycles. The molecule has 2 bridgehead atoms. The minimum Gasteiger partial charge on any atom is -0.481 e. The summed E-state index contributed by atoms with van der Waals surface area (Å²) in [6.45, 7) is 5.08. The Bertz CT molecular complexity index is 1430. The first kappa shape index (κ1) is 24.5. The number of hydrogen-bond donors (Lipinski definition) is 2. The molecular weight excluding hydrogens is 476 g/mol. The van der Waals surface area contributed by atoms with Crippen molar-refractivity contribution in [1.29, 1.82) is 0 Å². The molecule has 4 aliphatic rings. The number of carboxylic acids is 1. The Balaban J connectivity index is 1.28. The summed E-state index contributed by atoms with van der Waals surface area (Å²) in [6, 6.07) is 13.1. The van der Waals surface area contributed by atoms with Gasteiger partial charge in [-0.1, -0.05) is 18.1 Å². The summed E-state index contributed by atoms with van der Waals surface area (Å²) in [6.07, 6.45) is 6.98. The van der Waals surface area contributed by atoms with Crippen molar-refractivity contribution in [3.05, 3.63) is 59.3 Å². The second-order valence-corrected chi connectivity index (χ2v) is 11.2. The Morgan fingerprint density at radius 1 is 1.08 bits per heavy atom. The second-order valence-electron chi connectivity index (χ2n) is 11.2. The Hall–Kier alpha value is -3.79. The van der Waals surface area contributed by atoms with E-state index < -0.39 is 5.97 Å². The highest BCUT2D eigenvalue weighted by atomic mass is 16.4. The predicted octanol–water partition coefficient (Wildman–Crippen LogP) is 4.99. The summed E-state index contributed by atoms with van der Waals surface area (Å²) in [4.78, 5) is 27.4. The molecule has 196 valence electrons. The van der Waals surface area contributed by atoms with Crippen LogP contribution in [0.4, 0.5) is 5.69 Å². The Kier molecular flexibility index (Phi) is 6.35. The molecule has 7 rings (SSSR count). The molecule has 2 saturated carbocycles. The van der Waals surface area contributed by atoms with Gasteiger partial charge in [0.15, 0.2) is 0 Å². The summed E-state index contributed by atoms with van der Waals surface area (Å²) in [7, 11) is 0. The quantitative estimate of drug-likeness (QED) is 0.456. The molecule has 1 aromatic heterocycles. The highest BCUT2D eigenvalue weighted by molar-refractivity contribution is 6.07. The van der Waals surface area contributed by atoms with Crippen LogP contribution in [0.25, 0.3) is 10.9 Å². The van der Waals surface area contributed by atoms with E-state index >= 15 is 0 Å². The Morgan fingerprint density at radius 3 is 2.45 bits per heavy atom. The molecule has 1 unspecified atom stereocenters. The van der Waals surface area contributed by atoms with Gasteiger partial charge in [-0.2, -0.15) is 5.10 Å². The smallest absolute Gasteiger partial charge is 0.306 e. The van der Waals surface area contributed by atoms with Gasteiger partial charge < -0.3 is 15.3 Å². The van der Waals surface area contributed by atoms with Crippen LogP contribution in [-0.4, -0.2) is 45.4 Å². The van der Waals surface area contributed by atoms with E-state index in [9.17, 15) is 14.7 Å². The number of rotatable bonds is 6. The second kappa shape index (κ2) is 9.83. The van der Waals surface area contributed by atoms with E-state index in [-0.39, 0.29) is 23.9 Å². The number of aromatic nitrogens is 2. The zero-order valence-corrected chi connectivity index (χ0v) is 22.0. The molecule has 4 fully saturated rings. The normalized spacial score (nSPS) is 24.8. The number of anilines is 1. The number of carboxylic acid groups (broad SMARTS) is 1. The number of fused-ring (bicyclic) bond motifs is 2. The van der Waals surface area contributed by atoms with Gasteiger partial charge in [0.2, 0.25) is 0 Å². The van der Waals surface area contributed by atoms with Crippen LogP contribution in [0.1, 0.15) is 79.9 Å². The van der Waals surface area contributed by atoms with Gasteiger partial charge in [0.1, 0.15) is 0 Å². The standard InChI is InChI=1S/C31H34N4O3/c1-3-4-22-9-14-27(30(36)33-24-10-5-23(6-11-24)31(37)38)29-28(22)17-32-35(29)19(2)21-7-12-25(13-8-21)34-18-20-15-26(34)16-20/h7-9,12-14,17,19-20,23-24,26H,5-6,10-11,15-16,18H2,1-2H3,(H,33,36)(H,37,38). The van der Waals surface area contributed by atoms with Crippen LogP contribution in [0, 0.1) is 23.7 Å². The maximum Gasteiger partial charge on any atom is 0.306 e. The van der Waals surface area contributed by atoms with Crippen LogP contribution in [-0.2, 0) is 4.79 Å². The minimum atomic E-state index is -0.743. The van der Waals surface area contributed by atoms with E-state index in [1.165, 1.54) is 25.1 Å². The molecule has 38 heavy (non-hydrogen) atoms. The van der Waals surface area contributed by atoms with Crippen molar-refractivity contribution in [2.45, 2.75) is 70.5 Å². The van der Waals surface area contributed by atoms with Crippen LogP contribution in [0.5, 0.6) is 0 Å². The van der Waals surface area contributed by atoms with Crippen LogP contribution >= 0.6 is 0 Å². The number of carbonyl (C=O) groups excluding carboxylic acids is 1. The van der Waals surface area contributed by atoms with E-state index in [1.54, 1.807) is 6.92 Å². The molecule has 7 nitrogen and oxygen atoms in total. The first-order valence-electron chi connectivity index (χ1n) is 13.8. The zero-order chi connectivity index (χ0) is 26.4. The molecule has 2 aromatic carbocycles. The van der Waals surface area contributed by atoms with Crippen molar-refractivity contribution in [3.63, 3.8) is 0 Å². The van der Waals surface area contributed by atoms with Gasteiger partial charge in [0.05, 0.1) is 29.2 Å². The number of aliphatic carboxylic acids is 1. The molecule has 2 N–H and O–H groups in total. The third-order valence-electron chi connectivity index (χ3n) is 8.85. The summed E-state index contributed by atoms with van der Waals surface area (Å²) in [5, 5.41) is 18.1. The third kappa shape index (κ3) is 4.32. The Labute approximate surface area is 223 Å². The molecule has 1 amide bonds. The maximum absolute atomic E-state index is 13.5. The first-order chi connectivity index (χ1) is 18.4. The monoisotopic (exact) mass is 510 g/mol. The summed E-state index contributed by atoms with van der Waals surface area (Å²) < 4.78 is 1.94. The third-order valence-corrected chi connectivity index (χ3v) is 8.85. The fourth-order valence-electron chi connectivity index (χ4n) is 6.56. The average Bonchev–Trinajstić information content (AvgIpc) is 3.64.